The Labute approximate surface area is 245 Å². The largest absolute Gasteiger partial charge is 0.487 e. The van der Waals surface area contributed by atoms with Gasteiger partial charge in [-0.15, -0.1) is 29.1 Å². The van der Waals surface area contributed by atoms with E-state index in [9.17, 15) is 4.79 Å². The van der Waals surface area contributed by atoms with Crippen molar-refractivity contribution in [1.82, 2.24) is 30.5 Å². The van der Waals surface area contributed by atoms with Crippen molar-refractivity contribution in [3.05, 3.63) is 108 Å². The Morgan fingerprint density at radius 3 is 2.68 bits per heavy atom. The molecule has 206 valence electrons. The minimum Gasteiger partial charge on any atom is -0.487 e. The van der Waals surface area contributed by atoms with Crippen molar-refractivity contribution in [3.8, 4) is 17.0 Å². The highest BCUT2D eigenvalue weighted by Gasteiger charge is 2.24. The molecule has 9 nitrogen and oxygen atoms in total. The second-order valence-corrected chi connectivity index (χ2v) is 11.2. The maximum absolute atomic E-state index is 13.6. The SMILES string of the molecule is Cc1onc(-c2ccccc2)c1CNC(=O)[C@H](Cc1ccccc1)n1cc(COc2ccc3nc(S)sc3c2)nn1. The van der Waals surface area contributed by atoms with Crippen LogP contribution in [0.1, 0.15) is 28.6 Å². The van der Waals surface area contributed by atoms with Crippen LogP contribution < -0.4 is 10.1 Å². The molecule has 3 heterocycles. The lowest BCUT2D eigenvalue weighted by Gasteiger charge is -2.17. The van der Waals surface area contributed by atoms with Gasteiger partial charge in [-0.25, -0.2) is 9.67 Å². The summed E-state index contributed by atoms with van der Waals surface area (Å²) in [5.74, 6) is 1.16. The molecule has 3 aromatic heterocycles. The van der Waals surface area contributed by atoms with Crippen LogP contribution in [0, 0.1) is 6.92 Å². The third-order valence-corrected chi connectivity index (χ3v) is 7.85. The Morgan fingerprint density at radius 2 is 1.88 bits per heavy atom. The second kappa shape index (κ2) is 11.9. The summed E-state index contributed by atoms with van der Waals surface area (Å²) < 4.78 is 14.7. The molecule has 0 aliphatic rings. The molecule has 6 aromatic rings. The predicted octanol–water partition coefficient (Wildman–Crippen LogP) is 5.82. The number of nitrogens with zero attached hydrogens (tertiary/aromatic N) is 5. The van der Waals surface area contributed by atoms with Crippen LogP contribution in [0.5, 0.6) is 5.75 Å². The van der Waals surface area contributed by atoms with Gasteiger partial charge in [0.15, 0.2) is 0 Å². The number of ether oxygens (including phenoxy) is 1. The van der Waals surface area contributed by atoms with E-state index in [4.69, 9.17) is 9.26 Å². The van der Waals surface area contributed by atoms with Crippen molar-refractivity contribution >= 4 is 40.1 Å². The number of carbonyl (C=O) groups is 1. The monoisotopic (exact) mass is 582 g/mol. The first-order chi connectivity index (χ1) is 20.0. The van der Waals surface area contributed by atoms with E-state index in [0.29, 0.717) is 33.7 Å². The van der Waals surface area contributed by atoms with Gasteiger partial charge in [-0.05, 0) is 30.7 Å². The number of rotatable bonds is 10. The molecule has 0 saturated carbocycles. The van der Waals surface area contributed by atoms with Crippen LogP contribution in [0.2, 0.25) is 0 Å². The number of nitrogens with one attached hydrogen (secondary N) is 1. The number of benzene rings is 3. The van der Waals surface area contributed by atoms with Gasteiger partial charge in [0.05, 0.1) is 16.4 Å². The quantitative estimate of drug-likeness (QED) is 0.196. The molecule has 0 aliphatic heterocycles. The summed E-state index contributed by atoms with van der Waals surface area (Å²) in [6.07, 6.45) is 2.20. The van der Waals surface area contributed by atoms with E-state index in [-0.39, 0.29) is 19.1 Å². The average molecular weight is 583 g/mol. The van der Waals surface area contributed by atoms with Crippen LogP contribution in [-0.4, -0.2) is 31.0 Å². The fourth-order valence-electron chi connectivity index (χ4n) is 4.53. The molecule has 3 aromatic carbocycles. The van der Waals surface area contributed by atoms with Crippen LogP contribution in [0.4, 0.5) is 0 Å². The number of thiol groups is 1. The summed E-state index contributed by atoms with van der Waals surface area (Å²) in [5.41, 5.74) is 4.97. The van der Waals surface area contributed by atoms with Crippen molar-refractivity contribution in [3.63, 3.8) is 0 Å². The molecule has 6 rings (SSSR count). The van der Waals surface area contributed by atoms with Crippen molar-refractivity contribution in [1.29, 1.82) is 0 Å². The lowest BCUT2D eigenvalue weighted by atomic mass is 10.0. The number of aromatic nitrogens is 5. The minimum atomic E-state index is -0.624. The van der Waals surface area contributed by atoms with E-state index in [1.807, 2.05) is 85.8 Å². The summed E-state index contributed by atoms with van der Waals surface area (Å²) in [6, 6.07) is 24.7. The van der Waals surface area contributed by atoms with E-state index < -0.39 is 6.04 Å². The van der Waals surface area contributed by atoms with Crippen LogP contribution in [-0.2, 0) is 24.4 Å². The van der Waals surface area contributed by atoms with Gasteiger partial charge in [0.2, 0.25) is 5.91 Å². The van der Waals surface area contributed by atoms with E-state index in [1.165, 1.54) is 11.3 Å². The Hall–Kier alpha value is -4.48. The normalized spacial score (nSPS) is 12.0. The number of amides is 1. The molecule has 0 unspecified atom stereocenters. The number of carbonyl (C=O) groups excluding carboxylic acids is 1. The van der Waals surface area contributed by atoms with Crippen molar-refractivity contribution in [2.75, 3.05) is 0 Å². The van der Waals surface area contributed by atoms with Crippen molar-refractivity contribution < 1.29 is 14.1 Å². The lowest BCUT2D eigenvalue weighted by molar-refractivity contribution is -0.124. The van der Waals surface area contributed by atoms with E-state index in [1.54, 1.807) is 10.9 Å². The van der Waals surface area contributed by atoms with Gasteiger partial charge in [0.1, 0.15) is 39.9 Å². The first kappa shape index (κ1) is 26.7. The van der Waals surface area contributed by atoms with Crippen LogP contribution in [0.15, 0.2) is 93.9 Å². The van der Waals surface area contributed by atoms with Crippen molar-refractivity contribution in [2.45, 2.75) is 36.9 Å². The number of hydrogen-bond donors (Lipinski definition) is 2. The molecule has 11 heteroatoms. The molecule has 1 amide bonds. The summed E-state index contributed by atoms with van der Waals surface area (Å²) in [5, 5.41) is 15.9. The first-order valence-corrected chi connectivity index (χ1v) is 14.2. The van der Waals surface area contributed by atoms with E-state index in [0.717, 1.165) is 26.9 Å². The first-order valence-electron chi connectivity index (χ1n) is 13.0. The van der Waals surface area contributed by atoms with E-state index in [2.05, 4.69) is 38.4 Å². The summed E-state index contributed by atoms with van der Waals surface area (Å²) in [7, 11) is 0. The van der Waals surface area contributed by atoms with Crippen LogP contribution >= 0.6 is 24.0 Å². The molecule has 1 atom stereocenters. The lowest BCUT2D eigenvalue weighted by Crippen LogP contribution is -2.34. The molecule has 0 fully saturated rings. The molecule has 0 aliphatic carbocycles. The third-order valence-electron chi connectivity index (χ3n) is 6.66. The summed E-state index contributed by atoms with van der Waals surface area (Å²) in [6.45, 7) is 2.32. The Balaban J connectivity index is 1.18. The second-order valence-electron chi connectivity index (χ2n) is 9.46. The number of thiazole rings is 1. The van der Waals surface area contributed by atoms with Crippen molar-refractivity contribution in [2.24, 2.45) is 0 Å². The number of fused-ring (bicyclic) bond motifs is 1. The van der Waals surface area contributed by atoms with E-state index >= 15 is 0 Å². The minimum absolute atomic E-state index is 0.191. The number of aryl methyl sites for hydroxylation is 1. The Kier molecular flexibility index (Phi) is 7.79. The Morgan fingerprint density at radius 1 is 1.10 bits per heavy atom. The number of hydrogen-bond acceptors (Lipinski definition) is 9. The Bertz CT molecular complexity index is 1780. The fraction of sp³-hybridized carbons (Fsp3) is 0.167. The highest BCUT2D eigenvalue weighted by Crippen LogP contribution is 2.29. The topological polar surface area (TPSA) is 108 Å². The molecule has 41 heavy (non-hydrogen) atoms. The zero-order valence-corrected chi connectivity index (χ0v) is 23.8. The standard InChI is InChI=1S/C30H26N6O3S2/c1-19-24(28(34-39-19)21-10-6-3-7-11-21)16-31-29(37)26(14-20-8-4-2-5-9-20)36-17-22(33-35-36)18-38-23-12-13-25-27(15-23)41-30(40)32-25/h2-13,15,17,26H,14,16,18H2,1H3,(H,31,37)(H,32,40)/t26-/m0/s1. The zero-order chi connectivity index (χ0) is 28.2. The van der Waals surface area contributed by atoms with Gasteiger partial charge in [-0.1, -0.05) is 71.0 Å². The summed E-state index contributed by atoms with van der Waals surface area (Å²) >= 11 is 5.82. The van der Waals surface area contributed by atoms with Gasteiger partial charge < -0.3 is 14.6 Å². The zero-order valence-electron chi connectivity index (χ0n) is 22.1. The summed E-state index contributed by atoms with van der Waals surface area (Å²) in [4.78, 5) is 18.0. The predicted molar refractivity (Wildman–Crippen MR) is 159 cm³/mol. The molecule has 0 spiro atoms. The highest BCUT2D eigenvalue weighted by molar-refractivity contribution is 7.82. The van der Waals surface area contributed by atoms with Gasteiger partial charge in [0, 0.05) is 24.1 Å². The maximum atomic E-state index is 13.6. The molecule has 0 saturated heterocycles. The molecular formula is C30H26N6O3S2. The van der Waals surface area contributed by atoms with Crippen LogP contribution in [0.3, 0.4) is 0 Å². The van der Waals surface area contributed by atoms with Gasteiger partial charge in [-0.3, -0.25) is 4.79 Å². The fourth-order valence-corrected chi connectivity index (χ4v) is 5.67. The smallest absolute Gasteiger partial charge is 0.245 e. The molecular weight excluding hydrogens is 557 g/mol. The molecule has 0 bridgehead atoms. The third kappa shape index (κ3) is 6.16. The van der Waals surface area contributed by atoms with Gasteiger partial charge in [0.25, 0.3) is 0 Å². The molecule has 1 N–H and O–H groups in total. The maximum Gasteiger partial charge on any atom is 0.245 e. The molecule has 0 radical (unpaired) electrons. The van der Waals surface area contributed by atoms with Crippen LogP contribution in [0.25, 0.3) is 21.5 Å². The van der Waals surface area contributed by atoms with Gasteiger partial charge >= 0.3 is 0 Å². The highest BCUT2D eigenvalue weighted by atomic mass is 32.2. The average Bonchev–Trinajstić information content (AvgIpc) is 3.72. The van der Waals surface area contributed by atoms with Gasteiger partial charge in [-0.2, -0.15) is 0 Å².